The minimum absolute atomic E-state index is 0.0185. The molecule has 1 aromatic carbocycles. The van der Waals surface area contributed by atoms with Crippen molar-refractivity contribution in [2.75, 3.05) is 5.73 Å². The van der Waals surface area contributed by atoms with Crippen LogP contribution >= 0.6 is 11.8 Å². The Labute approximate surface area is 127 Å². The molecule has 110 valence electrons. The Kier molecular flexibility index (Phi) is 3.96. The predicted octanol–water partition coefficient (Wildman–Crippen LogP) is 2.94. The summed E-state index contributed by atoms with van der Waals surface area (Å²) in [5.41, 5.74) is 6.92. The lowest BCUT2D eigenvalue weighted by Crippen LogP contribution is -2.02. The van der Waals surface area contributed by atoms with Crippen molar-refractivity contribution < 1.29 is 4.79 Å². The molecular formula is C15H18N4OS. The largest absolute Gasteiger partial charge is 0.398 e. The van der Waals surface area contributed by atoms with Crippen LogP contribution in [0.4, 0.5) is 5.69 Å². The fourth-order valence-corrected chi connectivity index (χ4v) is 3.46. The van der Waals surface area contributed by atoms with Crippen molar-refractivity contribution in [1.29, 1.82) is 0 Å². The van der Waals surface area contributed by atoms with Crippen molar-refractivity contribution in [3.05, 3.63) is 29.6 Å². The van der Waals surface area contributed by atoms with Crippen LogP contribution in [0.5, 0.6) is 0 Å². The Bertz CT molecular complexity index is 680. The number of nitrogens with zero attached hydrogens (tertiary/aromatic N) is 3. The number of hydrogen-bond acceptors (Lipinski definition) is 5. The molecule has 6 heteroatoms. The smallest absolute Gasteiger partial charge is 0.196 e. The maximum absolute atomic E-state index is 11.6. The molecule has 0 amide bonds. The molecule has 0 fully saturated rings. The number of carbonyl (C=O) groups excluding carboxylic acids is 1. The van der Waals surface area contributed by atoms with Gasteiger partial charge in [-0.3, -0.25) is 4.79 Å². The van der Waals surface area contributed by atoms with Crippen molar-refractivity contribution in [2.24, 2.45) is 0 Å². The molecule has 0 saturated carbocycles. The average molecular weight is 302 g/mol. The quantitative estimate of drug-likeness (QED) is 0.697. The molecule has 0 saturated heterocycles. The second-order valence-corrected chi connectivity index (χ2v) is 6.31. The Balaban J connectivity index is 1.89. The SMILES string of the molecule is CC(=O)c1cc(Sc2nnc3n2CCCCC3)ccc1N. The van der Waals surface area contributed by atoms with E-state index in [0.717, 1.165) is 28.8 Å². The summed E-state index contributed by atoms with van der Waals surface area (Å²) in [6, 6.07) is 5.53. The van der Waals surface area contributed by atoms with Crippen LogP contribution in [-0.2, 0) is 13.0 Å². The van der Waals surface area contributed by atoms with Gasteiger partial charge in [-0.05, 0) is 49.7 Å². The van der Waals surface area contributed by atoms with Crippen LogP contribution in [0.2, 0.25) is 0 Å². The summed E-state index contributed by atoms with van der Waals surface area (Å²) in [6.07, 6.45) is 4.58. The first-order chi connectivity index (χ1) is 10.1. The van der Waals surface area contributed by atoms with Gasteiger partial charge in [-0.15, -0.1) is 10.2 Å². The van der Waals surface area contributed by atoms with Crippen LogP contribution in [0.25, 0.3) is 0 Å². The zero-order valence-electron chi connectivity index (χ0n) is 12.0. The molecule has 3 rings (SSSR count). The van der Waals surface area contributed by atoms with Gasteiger partial charge in [0, 0.05) is 29.1 Å². The Morgan fingerprint density at radius 2 is 2.14 bits per heavy atom. The van der Waals surface area contributed by atoms with E-state index in [2.05, 4.69) is 14.8 Å². The summed E-state index contributed by atoms with van der Waals surface area (Å²) in [7, 11) is 0. The van der Waals surface area contributed by atoms with Gasteiger partial charge in [0.05, 0.1) is 0 Å². The lowest BCUT2D eigenvalue weighted by Gasteiger charge is -2.08. The third kappa shape index (κ3) is 2.95. The topological polar surface area (TPSA) is 73.8 Å². The van der Waals surface area contributed by atoms with Crippen molar-refractivity contribution in [3.8, 4) is 0 Å². The number of benzene rings is 1. The highest BCUT2D eigenvalue weighted by Crippen LogP contribution is 2.30. The first-order valence-corrected chi connectivity index (χ1v) is 7.97. The first kappa shape index (κ1) is 14.1. The second kappa shape index (κ2) is 5.89. The summed E-state index contributed by atoms with van der Waals surface area (Å²) < 4.78 is 2.20. The van der Waals surface area contributed by atoms with Gasteiger partial charge in [-0.25, -0.2) is 0 Å². The molecular weight excluding hydrogens is 284 g/mol. The van der Waals surface area contributed by atoms with E-state index in [1.807, 2.05) is 12.1 Å². The molecule has 0 radical (unpaired) electrons. The fraction of sp³-hybridized carbons (Fsp3) is 0.400. The van der Waals surface area contributed by atoms with Gasteiger partial charge in [-0.2, -0.15) is 0 Å². The van der Waals surface area contributed by atoms with Crippen LogP contribution in [0.3, 0.4) is 0 Å². The van der Waals surface area contributed by atoms with E-state index < -0.39 is 0 Å². The molecule has 21 heavy (non-hydrogen) atoms. The van der Waals surface area contributed by atoms with E-state index in [1.54, 1.807) is 6.07 Å². The van der Waals surface area contributed by atoms with Gasteiger partial charge in [0.2, 0.25) is 0 Å². The number of fused-ring (bicyclic) bond motifs is 1. The maximum Gasteiger partial charge on any atom is 0.196 e. The van der Waals surface area contributed by atoms with Crippen LogP contribution in [-0.4, -0.2) is 20.5 Å². The number of ketones is 1. The number of Topliss-reactive ketones (excluding diaryl/α,β-unsaturated/α-hetero) is 1. The van der Waals surface area contributed by atoms with Crippen molar-refractivity contribution in [2.45, 2.75) is 49.2 Å². The van der Waals surface area contributed by atoms with E-state index in [-0.39, 0.29) is 5.78 Å². The van der Waals surface area contributed by atoms with Crippen molar-refractivity contribution >= 4 is 23.2 Å². The van der Waals surface area contributed by atoms with E-state index in [0.29, 0.717) is 11.3 Å². The molecule has 0 bridgehead atoms. The number of aryl methyl sites for hydroxylation is 1. The number of nitrogen functional groups attached to an aromatic ring is 1. The minimum atomic E-state index is -0.0185. The lowest BCUT2D eigenvalue weighted by atomic mass is 10.1. The maximum atomic E-state index is 11.6. The molecule has 0 aliphatic carbocycles. The number of nitrogens with two attached hydrogens (primary N) is 1. The molecule has 1 aromatic heterocycles. The molecule has 2 aromatic rings. The van der Waals surface area contributed by atoms with Gasteiger partial charge in [0.15, 0.2) is 10.9 Å². The van der Waals surface area contributed by atoms with E-state index >= 15 is 0 Å². The van der Waals surface area contributed by atoms with Gasteiger partial charge >= 0.3 is 0 Å². The predicted molar refractivity (Wildman–Crippen MR) is 82.6 cm³/mol. The molecule has 2 heterocycles. The first-order valence-electron chi connectivity index (χ1n) is 7.15. The second-order valence-electron chi connectivity index (χ2n) is 5.27. The summed E-state index contributed by atoms with van der Waals surface area (Å²) in [5, 5.41) is 9.47. The molecule has 0 spiro atoms. The van der Waals surface area contributed by atoms with Crippen LogP contribution in [0.1, 0.15) is 42.4 Å². The molecule has 1 aliphatic rings. The fourth-order valence-electron chi connectivity index (χ4n) is 2.54. The summed E-state index contributed by atoms with van der Waals surface area (Å²) >= 11 is 1.54. The summed E-state index contributed by atoms with van der Waals surface area (Å²) in [4.78, 5) is 12.5. The van der Waals surface area contributed by atoms with Gasteiger partial charge < -0.3 is 10.3 Å². The average Bonchev–Trinajstić information content (AvgIpc) is 2.69. The Morgan fingerprint density at radius 1 is 1.29 bits per heavy atom. The summed E-state index contributed by atoms with van der Waals surface area (Å²) in [6.45, 7) is 2.50. The van der Waals surface area contributed by atoms with Crippen LogP contribution in [0, 0.1) is 0 Å². The van der Waals surface area contributed by atoms with Crippen LogP contribution in [0.15, 0.2) is 28.3 Å². The Hall–Kier alpha value is -1.82. The van der Waals surface area contributed by atoms with Crippen molar-refractivity contribution in [3.63, 3.8) is 0 Å². The van der Waals surface area contributed by atoms with Gasteiger partial charge in [0.1, 0.15) is 5.82 Å². The lowest BCUT2D eigenvalue weighted by molar-refractivity contribution is 0.101. The number of carbonyl (C=O) groups is 1. The zero-order valence-corrected chi connectivity index (χ0v) is 12.8. The standard InChI is InChI=1S/C15H18N4OS/c1-10(20)12-9-11(6-7-13(12)16)21-15-18-17-14-5-3-2-4-8-19(14)15/h6-7,9H,2-5,8,16H2,1H3. The zero-order chi connectivity index (χ0) is 14.8. The normalized spacial score (nSPS) is 14.5. The molecule has 2 N–H and O–H groups in total. The van der Waals surface area contributed by atoms with E-state index in [9.17, 15) is 4.79 Å². The molecule has 0 atom stereocenters. The number of rotatable bonds is 3. The number of hydrogen-bond donors (Lipinski definition) is 1. The number of anilines is 1. The monoisotopic (exact) mass is 302 g/mol. The number of aromatic nitrogens is 3. The highest BCUT2D eigenvalue weighted by molar-refractivity contribution is 7.99. The summed E-state index contributed by atoms with van der Waals surface area (Å²) in [5.74, 6) is 1.05. The van der Waals surface area contributed by atoms with Crippen LogP contribution < -0.4 is 5.73 Å². The van der Waals surface area contributed by atoms with Crippen molar-refractivity contribution in [1.82, 2.24) is 14.8 Å². The third-order valence-electron chi connectivity index (χ3n) is 3.69. The third-order valence-corrected chi connectivity index (χ3v) is 4.66. The highest BCUT2D eigenvalue weighted by atomic mass is 32.2. The van der Waals surface area contributed by atoms with E-state index in [1.165, 1.54) is 37.9 Å². The van der Waals surface area contributed by atoms with Gasteiger partial charge in [0.25, 0.3) is 0 Å². The molecule has 0 unspecified atom stereocenters. The minimum Gasteiger partial charge on any atom is -0.398 e. The highest BCUT2D eigenvalue weighted by Gasteiger charge is 2.16. The molecule has 1 aliphatic heterocycles. The van der Waals surface area contributed by atoms with E-state index in [4.69, 9.17) is 5.73 Å². The Morgan fingerprint density at radius 3 is 2.95 bits per heavy atom. The van der Waals surface area contributed by atoms with Gasteiger partial charge in [-0.1, -0.05) is 6.42 Å². The molecule has 5 nitrogen and oxygen atoms in total.